The highest BCUT2D eigenvalue weighted by molar-refractivity contribution is 4.80. The number of nitrogens with one attached hydrogen (secondary N) is 1. The van der Waals surface area contributed by atoms with Crippen molar-refractivity contribution in [3.8, 4) is 0 Å². The molecule has 0 radical (unpaired) electrons. The van der Waals surface area contributed by atoms with Crippen LogP contribution in [0.15, 0.2) is 0 Å². The molecule has 1 heterocycles. The smallest absolute Gasteiger partial charge is 0.107 e. The lowest BCUT2D eigenvalue weighted by Crippen LogP contribution is -2.38. The third-order valence-corrected chi connectivity index (χ3v) is 1.76. The van der Waals surface area contributed by atoms with Gasteiger partial charge in [-0.3, -0.25) is 0 Å². The number of hydrogen-bond acceptors (Lipinski definition) is 4. The van der Waals surface area contributed by atoms with E-state index in [2.05, 4.69) is 5.32 Å². The number of hydrogen-bond donors (Lipinski definition) is 4. The van der Waals surface area contributed by atoms with Gasteiger partial charge in [0.15, 0.2) is 0 Å². The first-order valence-corrected chi connectivity index (χ1v) is 3.46. The van der Waals surface area contributed by atoms with Gasteiger partial charge in [-0.1, -0.05) is 0 Å². The Bertz CT molecular complexity index is 97.2. The van der Waals surface area contributed by atoms with Gasteiger partial charge in [-0.25, -0.2) is 0 Å². The van der Waals surface area contributed by atoms with Crippen LogP contribution >= 0.6 is 0 Å². The molecule has 1 aliphatic heterocycles. The second kappa shape index (κ2) is 3.30. The average Bonchev–Trinajstić information content (AvgIpc) is 2.04. The van der Waals surface area contributed by atoms with Crippen molar-refractivity contribution in [1.82, 2.24) is 5.32 Å². The van der Waals surface area contributed by atoms with Crippen molar-refractivity contribution in [2.24, 2.45) is 0 Å². The Morgan fingerprint density at radius 3 is 2.50 bits per heavy atom. The van der Waals surface area contributed by atoms with E-state index in [4.69, 9.17) is 15.3 Å². The first-order valence-electron chi connectivity index (χ1n) is 3.46. The van der Waals surface area contributed by atoms with E-state index in [1.807, 2.05) is 0 Å². The van der Waals surface area contributed by atoms with Gasteiger partial charge in [-0.05, 0) is 13.0 Å². The first-order chi connectivity index (χ1) is 4.72. The average molecular weight is 147 g/mol. The summed E-state index contributed by atoms with van der Waals surface area (Å²) in [6.45, 7) is 1.01. The summed E-state index contributed by atoms with van der Waals surface area (Å²) in [4.78, 5) is 0. The maximum absolute atomic E-state index is 9.09. The lowest BCUT2D eigenvalue weighted by atomic mass is 10.1. The maximum Gasteiger partial charge on any atom is 0.107 e. The van der Waals surface area contributed by atoms with E-state index in [1.54, 1.807) is 0 Å². The van der Waals surface area contributed by atoms with Crippen molar-refractivity contribution in [3.05, 3.63) is 0 Å². The van der Waals surface area contributed by atoms with Crippen LogP contribution in [0.1, 0.15) is 6.42 Å². The van der Waals surface area contributed by atoms with Crippen LogP contribution in [0.5, 0.6) is 0 Å². The Balaban J connectivity index is 2.46. The molecule has 4 heteroatoms. The molecular weight excluding hydrogens is 134 g/mol. The molecule has 0 aromatic rings. The van der Waals surface area contributed by atoms with E-state index in [0.29, 0.717) is 19.5 Å². The summed E-state index contributed by atoms with van der Waals surface area (Å²) in [6.07, 6.45) is -2.12. The quantitative estimate of drug-likeness (QED) is 0.322. The summed E-state index contributed by atoms with van der Waals surface area (Å²) in [5.74, 6) is 0. The molecule has 3 unspecified atom stereocenters. The lowest BCUT2D eigenvalue weighted by Gasteiger charge is -2.17. The number of rotatable bonds is 0. The van der Waals surface area contributed by atoms with Crippen molar-refractivity contribution in [2.75, 3.05) is 13.1 Å². The van der Waals surface area contributed by atoms with Crippen LogP contribution in [0.4, 0.5) is 0 Å². The van der Waals surface area contributed by atoms with Crippen LogP contribution in [0, 0.1) is 0 Å². The molecule has 0 spiro atoms. The van der Waals surface area contributed by atoms with Gasteiger partial charge in [0.05, 0.1) is 12.2 Å². The van der Waals surface area contributed by atoms with Crippen molar-refractivity contribution in [1.29, 1.82) is 0 Å². The SMILES string of the molecule is OC1CCNCC(O)C1O. The summed E-state index contributed by atoms with van der Waals surface area (Å²) >= 11 is 0. The fraction of sp³-hybridized carbons (Fsp3) is 1.00. The van der Waals surface area contributed by atoms with Gasteiger partial charge in [0.2, 0.25) is 0 Å². The molecule has 0 amide bonds. The van der Waals surface area contributed by atoms with E-state index in [9.17, 15) is 0 Å². The minimum atomic E-state index is -0.991. The molecule has 1 fully saturated rings. The third kappa shape index (κ3) is 1.67. The second-order valence-electron chi connectivity index (χ2n) is 2.62. The number of β-amino-alcohol motifs (C(OH)–C–C–N with tert-alkyl or cyclic N) is 1. The zero-order chi connectivity index (χ0) is 7.56. The Morgan fingerprint density at radius 1 is 1.10 bits per heavy atom. The molecule has 0 aliphatic carbocycles. The molecule has 4 N–H and O–H groups in total. The van der Waals surface area contributed by atoms with Crippen molar-refractivity contribution >= 4 is 0 Å². The number of aliphatic hydroxyl groups is 3. The predicted molar refractivity (Wildman–Crippen MR) is 35.5 cm³/mol. The Hall–Kier alpha value is -0.160. The fourth-order valence-electron chi connectivity index (χ4n) is 1.05. The monoisotopic (exact) mass is 147 g/mol. The largest absolute Gasteiger partial charge is 0.390 e. The highest BCUT2D eigenvalue weighted by Crippen LogP contribution is 2.05. The molecule has 1 saturated heterocycles. The molecule has 10 heavy (non-hydrogen) atoms. The molecule has 0 saturated carbocycles. The van der Waals surface area contributed by atoms with Crippen molar-refractivity contribution in [3.63, 3.8) is 0 Å². The van der Waals surface area contributed by atoms with Crippen LogP contribution in [0.25, 0.3) is 0 Å². The highest BCUT2D eigenvalue weighted by atomic mass is 16.4. The molecule has 0 bridgehead atoms. The van der Waals surface area contributed by atoms with Gasteiger partial charge in [0.1, 0.15) is 6.10 Å². The standard InChI is InChI=1S/C6H13NO3/c8-4-1-2-7-3-5(9)6(4)10/h4-10H,1-3H2. The zero-order valence-electron chi connectivity index (χ0n) is 5.70. The van der Waals surface area contributed by atoms with E-state index in [1.165, 1.54) is 0 Å². The summed E-state index contributed by atoms with van der Waals surface area (Å²) in [5.41, 5.74) is 0. The predicted octanol–water partition coefficient (Wildman–Crippen LogP) is -1.94. The van der Waals surface area contributed by atoms with Crippen LogP contribution in [0.2, 0.25) is 0 Å². The molecule has 0 aromatic carbocycles. The Morgan fingerprint density at radius 2 is 1.80 bits per heavy atom. The van der Waals surface area contributed by atoms with E-state index in [0.717, 1.165) is 0 Å². The molecule has 1 rings (SSSR count). The van der Waals surface area contributed by atoms with Gasteiger partial charge in [-0.15, -0.1) is 0 Å². The normalized spacial score (nSPS) is 42.9. The number of aliphatic hydroxyl groups excluding tert-OH is 3. The summed E-state index contributed by atoms with van der Waals surface area (Å²) < 4.78 is 0. The molecule has 60 valence electrons. The molecule has 4 nitrogen and oxygen atoms in total. The highest BCUT2D eigenvalue weighted by Gasteiger charge is 2.26. The van der Waals surface area contributed by atoms with Crippen molar-refractivity contribution < 1.29 is 15.3 Å². The van der Waals surface area contributed by atoms with Gasteiger partial charge < -0.3 is 20.6 Å². The Labute approximate surface area is 59.5 Å². The summed E-state index contributed by atoms with van der Waals surface area (Å²) in [5, 5.41) is 30.1. The van der Waals surface area contributed by atoms with Gasteiger partial charge in [0, 0.05) is 6.54 Å². The minimum Gasteiger partial charge on any atom is -0.390 e. The third-order valence-electron chi connectivity index (χ3n) is 1.76. The minimum absolute atomic E-state index is 0.359. The maximum atomic E-state index is 9.09. The topological polar surface area (TPSA) is 72.7 Å². The van der Waals surface area contributed by atoms with Gasteiger partial charge in [-0.2, -0.15) is 0 Å². The summed E-state index contributed by atoms with van der Waals surface area (Å²) in [6, 6.07) is 0. The molecule has 0 aromatic heterocycles. The van der Waals surface area contributed by atoms with Crippen molar-refractivity contribution in [2.45, 2.75) is 24.7 Å². The van der Waals surface area contributed by atoms with Gasteiger partial charge >= 0.3 is 0 Å². The van der Waals surface area contributed by atoms with Crippen LogP contribution in [-0.4, -0.2) is 46.7 Å². The van der Waals surface area contributed by atoms with Gasteiger partial charge in [0.25, 0.3) is 0 Å². The fourth-order valence-corrected chi connectivity index (χ4v) is 1.05. The zero-order valence-corrected chi connectivity index (χ0v) is 5.70. The van der Waals surface area contributed by atoms with Crippen LogP contribution < -0.4 is 5.32 Å². The van der Waals surface area contributed by atoms with E-state index in [-0.39, 0.29) is 0 Å². The molecule has 1 aliphatic rings. The first kappa shape index (κ1) is 7.94. The summed E-state index contributed by atoms with van der Waals surface area (Å²) in [7, 11) is 0. The Kier molecular flexibility index (Phi) is 2.62. The van der Waals surface area contributed by atoms with Crippen LogP contribution in [0.3, 0.4) is 0 Å². The van der Waals surface area contributed by atoms with E-state index < -0.39 is 18.3 Å². The lowest BCUT2D eigenvalue weighted by molar-refractivity contribution is -0.0503. The van der Waals surface area contributed by atoms with Crippen LogP contribution in [-0.2, 0) is 0 Å². The molecular formula is C6H13NO3. The van der Waals surface area contributed by atoms with E-state index >= 15 is 0 Å². The second-order valence-corrected chi connectivity index (χ2v) is 2.62. The molecule has 3 atom stereocenters.